The minimum atomic E-state index is -0.506. The van der Waals surface area contributed by atoms with Crippen LogP contribution in [0.3, 0.4) is 0 Å². The van der Waals surface area contributed by atoms with Crippen molar-refractivity contribution in [3.63, 3.8) is 0 Å². The summed E-state index contributed by atoms with van der Waals surface area (Å²) >= 11 is 2.07. The van der Waals surface area contributed by atoms with E-state index < -0.39 is 4.92 Å². The Kier molecular flexibility index (Phi) is 4.10. The number of nitro groups is 1. The van der Waals surface area contributed by atoms with Crippen molar-refractivity contribution < 1.29 is 14.4 Å². The van der Waals surface area contributed by atoms with E-state index in [1.165, 1.54) is 25.3 Å². The van der Waals surface area contributed by atoms with Crippen molar-refractivity contribution in [1.29, 1.82) is 0 Å². The molecule has 0 bridgehead atoms. The minimum Gasteiger partial charge on any atom is -0.493 e. The van der Waals surface area contributed by atoms with Gasteiger partial charge in [-0.25, -0.2) is 9.97 Å². The number of ether oxygens (including phenoxy) is 2. The summed E-state index contributed by atoms with van der Waals surface area (Å²) in [7, 11) is 1.40. The van der Waals surface area contributed by atoms with E-state index >= 15 is 0 Å². The van der Waals surface area contributed by atoms with Gasteiger partial charge in [-0.15, -0.1) is 0 Å². The highest BCUT2D eigenvalue weighted by Crippen LogP contribution is 2.33. The monoisotopic (exact) mass is 373 g/mol. The summed E-state index contributed by atoms with van der Waals surface area (Å²) < 4.78 is 11.3. The van der Waals surface area contributed by atoms with E-state index in [2.05, 4.69) is 32.6 Å². The standard InChI is InChI=1S/C11H8IN3O4/c1-18-10-4-8(15(16)17)2-3-9(10)19-11-13-5-7(12)6-14-11/h2-6H,1H3. The third kappa shape index (κ3) is 3.28. The first-order valence-electron chi connectivity index (χ1n) is 5.08. The number of nitro benzene ring substituents is 1. The fraction of sp³-hybridized carbons (Fsp3) is 0.0909. The molecule has 0 atom stereocenters. The highest BCUT2D eigenvalue weighted by molar-refractivity contribution is 14.1. The molecule has 0 unspecified atom stereocenters. The number of benzene rings is 1. The second-order valence-electron chi connectivity index (χ2n) is 3.38. The average Bonchev–Trinajstić information content (AvgIpc) is 2.41. The van der Waals surface area contributed by atoms with Crippen LogP contribution in [0.25, 0.3) is 0 Å². The van der Waals surface area contributed by atoms with Crippen molar-refractivity contribution in [2.24, 2.45) is 0 Å². The molecule has 1 aromatic carbocycles. The van der Waals surface area contributed by atoms with Gasteiger partial charge in [0.05, 0.1) is 18.1 Å². The molecule has 8 heteroatoms. The lowest BCUT2D eigenvalue weighted by atomic mass is 10.3. The Morgan fingerprint density at radius 3 is 2.53 bits per heavy atom. The first-order valence-corrected chi connectivity index (χ1v) is 6.16. The summed E-state index contributed by atoms with van der Waals surface area (Å²) in [5, 5.41) is 10.7. The molecule has 0 aliphatic carbocycles. The van der Waals surface area contributed by atoms with Gasteiger partial charge in [0.25, 0.3) is 5.69 Å². The Morgan fingerprint density at radius 1 is 1.26 bits per heavy atom. The molecular formula is C11H8IN3O4. The van der Waals surface area contributed by atoms with Gasteiger partial charge in [0.1, 0.15) is 0 Å². The molecule has 19 heavy (non-hydrogen) atoms. The number of hydrogen-bond acceptors (Lipinski definition) is 6. The summed E-state index contributed by atoms with van der Waals surface area (Å²) in [5.41, 5.74) is -0.0762. The first kappa shape index (κ1) is 13.5. The van der Waals surface area contributed by atoms with Crippen LogP contribution >= 0.6 is 22.6 Å². The zero-order chi connectivity index (χ0) is 13.8. The first-order chi connectivity index (χ1) is 9.10. The molecule has 0 radical (unpaired) electrons. The van der Waals surface area contributed by atoms with E-state index in [1.807, 2.05) is 0 Å². The molecule has 0 amide bonds. The number of nitrogens with zero attached hydrogens (tertiary/aromatic N) is 3. The van der Waals surface area contributed by atoms with Crippen molar-refractivity contribution >= 4 is 28.3 Å². The van der Waals surface area contributed by atoms with Crippen molar-refractivity contribution in [3.8, 4) is 17.5 Å². The molecule has 2 rings (SSSR count). The summed E-state index contributed by atoms with van der Waals surface area (Å²) in [6.07, 6.45) is 3.20. The quantitative estimate of drug-likeness (QED) is 0.465. The lowest BCUT2D eigenvalue weighted by Gasteiger charge is -2.08. The molecule has 7 nitrogen and oxygen atoms in total. The molecular weight excluding hydrogens is 365 g/mol. The number of non-ortho nitro benzene ring substituents is 1. The summed E-state index contributed by atoms with van der Waals surface area (Å²) in [6, 6.07) is 4.19. The predicted molar refractivity (Wildman–Crippen MR) is 74.5 cm³/mol. The number of rotatable bonds is 4. The SMILES string of the molecule is COc1cc([N+](=O)[O-])ccc1Oc1ncc(I)cn1. The normalized spacial score (nSPS) is 10.0. The molecule has 0 saturated heterocycles. The van der Waals surface area contributed by atoms with Crippen LogP contribution in [0.2, 0.25) is 0 Å². The van der Waals surface area contributed by atoms with Crippen LogP contribution in [-0.4, -0.2) is 22.0 Å². The molecule has 98 valence electrons. The number of aromatic nitrogens is 2. The maximum atomic E-state index is 10.7. The third-order valence-corrected chi connectivity index (χ3v) is 2.71. The van der Waals surface area contributed by atoms with Crippen LogP contribution in [0.5, 0.6) is 17.5 Å². The molecule has 0 spiro atoms. The predicted octanol–water partition coefficient (Wildman–Crippen LogP) is 2.79. The molecule has 0 aliphatic rings. The van der Waals surface area contributed by atoms with Crippen molar-refractivity contribution in [2.45, 2.75) is 0 Å². The molecule has 0 saturated carbocycles. The Hall–Kier alpha value is -1.97. The zero-order valence-electron chi connectivity index (χ0n) is 9.74. The second kappa shape index (κ2) is 5.78. The van der Waals surface area contributed by atoms with E-state index in [0.717, 1.165) is 3.57 Å². The lowest BCUT2D eigenvalue weighted by Crippen LogP contribution is -1.96. The Balaban J connectivity index is 2.29. The summed E-state index contributed by atoms with van der Waals surface area (Å²) in [4.78, 5) is 18.1. The molecule has 0 aliphatic heterocycles. The number of methoxy groups -OCH3 is 1. The van der Waals surface area contributed by atoms with Gasteiger partial charge in [-0.2, -0.15) is 0 Å². The van der Waals surface area contributed by atoms with Gasteiger partial charge in [-0.1, -0.05) is 0 Å². The zero-order valence-corrected chi connectivity index (χ0v) is 11.9. The Bertz CT molecular complexity index is 603. The van der Waals surface area contributed by atoms with Crippen LogP contribution in [0, 0.1) is 13.7 Å². The van der Waals surface area contributed by atoms with Gasteiger partial charge in [0.15, 0.2) is 11.5 Å². The van der Waals surface area contributed by atoms with Crippen molar-refractivity contribution in [3.05, 3.63) is 44.3 Å². The van der Waals surface area contributed by atoms with Gasteiger partial charge in [-0.05, 0) is 28.7 Å². The molecule has 0 fully saturated rings. The highest BCUT2D eigenvalue weighted by Gasteiger charge is 2.13. The van der Waals surface area contributed by atoms with E-state index in [1.54, 1.807) is 12.4 Å². The fourth-order valence-corrected chi connectivity index (χ4v) is 1.58. The topological polar surface area (TPSA) is 87.4 Å². The Labute approximate surface area is 121 Å². The van der Waals surface area contributed by atoms with Crippen molar-refractivity contribution in [1.82, 2.24) is 9.97 Å². The van der Waals surface area contributed by atoms with E-state index in [-0.39, 0.29) is 17.4 Å². The molecule has 0 N–H and O–H groups in total. The van der Waals surface area contributed by atoms with Crippen LogP contribution in [0.1, 0.15) is 0 Å². The maximum Gasteiger partial charge on any atom is 0.322 e. The third-order valence-electron chi connectivity index (χ3n) is 2.16. The largest absolute Gasteiger partial charge is 0.493 e. The Morgan fingerprint density at radius 2 is 1.95 bits per heavy atom. The van der Waals surface area contributed by atoms with E-state index in [9.17, 15) is 10.1 Å². The second-order valence-corrected chi connectivity index (χ2v) is 4.62. The van der Waals surface area contributed by atoms with E-state index in [0.29, 0.717) is 5.75 Å². The van der Waals surface area contributed by atoms with Gasteiger partial charge in [-0.3, -0.25) is 10.1 Å². The van der Waals surface area contributed by atoms with Crippen molar-refractivity contribution in [2.75, 3.05) is 7.11 Å². The number of hydrogen-bond donors (Lipinski definition) is 0. The minimum absolute atomic E-state index is 0.0762. The molecule has 1 heterocycles. The fourth-order valence-electron chi connectivity index (χ4n) is 1.31. The average molecular weight is 373 g/mol. The summed E-state index contributed by atoms with van der Waals surface area (Å²) in [6.45, 7) is 0. The smallest absolute Gasteiger partial charge is 0.322 e. The van der Waals surface area contributed by atoms with Crippen LogP contribution < -0.4 is 9.47 Å². The van der Waals surface area contributed by atoms with E-state index in [4.69, 9.17) is 9.47 Å². The van der Waals surface area contributed by atoms with Gasteiger partial charge in [0.2, 0.25) is 0 Å². The van der Waals surface area contributed by atoms with Gasteiger partial charge < -0.3 is 9.47 Å². The van der Waals surface area contributed by atoms with Crippen LogP contribution in [0.15, 0.2) is 30.6 Å². The highest BCUT2D eigenvalue weighted by atomic mass is 127. The summed E-state index contributed by atoms with van der Waals surface area (Å²) in [5.74, 6) is 0.561. The molecule has 2 aromatic rings. The lowest BCUT2D eigenvalue weighted by molar-refractivity contribution is -0.384. The molecule has 1 aromatic heterocycles. The maximum absolute atomic E-state index is 10.7. The number of halogens is 1. The van der Waals surface area contributed by atoms with Crippen LogP contribution in [-0.2, 0) is 0 Å². The van der Waals surface area contributed by atoms with Gasteiger partial charge >= 0.3 is 6.01 Å². The van der Waals surface area contributed by atoms with Gasteiger partial charge in [0, 0.05) is 22.0 Å². The van der Waals surface area contributed by atoms with Crippen LogP contribution in [0.4, 0.5) is 5.69 Å².